The van der Waals surface area contributed by atoms with Crippen LogP contribution in [0.5, 0.6) is 0 Å². The highest BCUT2D eigenvalue weighted by molar-refractivity contribution is 8.02. The van der Waals surface area contributed by atoms with Crippen molar-refractivity contribution in [2.24, 2.45) is 0 Å². The second-order valence-electron chi connectivity index (χ2n) is 8.96. The number of benzene rings is 1. The zero-order valence-corrected chi connectivity index (χ0v) is 20.7. The van der Waals surface area contributed by atoms with Gasteiger partial charge in [-0.3, -0.25) is 9.69 Å². The fraction of sp³-hybridized carbons (Fsp3) is 0.652. The first-order chi connectivity index (χ1) is 14.7. The number of anilines is 1. The molecule has 0 radical (unpaired) electrons. The molecule has 1 saturated carbocycles. The molecular weight excluding hydrogens is 448 g/mol. The van der Waals surface area contributed by atoms with Crippen LogP contribution in [0.1, 0.15) is 45.4 Å². The Bertz CT molecular complexity index is 893. The van der Waals surface area contributed by atoms with Crippen molar-refractivity contribution in [1.82, 2.24) is 14.2 Å². The van der Waals surface area contributed by atoms with Gasteiger partial charge in [0.1, 0.15) is 5.82 Å². The lowest BCUT2D eigenvalue weighted by Crippen LogP contribution is -2.47. The normalized spacial score (nSPS) is 23.8. The molecule has 3 heterocycles. The van der Waals surface area contributed by atoms with Crippen molar-refractivity contribution in [1.29, 1.82) is 0 Å². The van der Waals surface area contributed by atoms with Gasteiger partial charge in [0.15, 0.2) is 0 Å². The van der Waals surface area contributed by atoms with Crippen molar-refractivity contribution in [2.45, 2.75) is 55.6 Å². The number of aromatic nitrogens is 1. The summed E-state index contributed by atoms with van der Waals surface area (Å²) in [6.07, 6.45) is 6.92. The maximum absolute atomic E-state index is 13.0. The molecule has 3 aliphatic rings. The van der Waals surface area contributed by atoms with Crippen LogP contribution in [-0.2, 0) is 4.79 Å². The van der Waals surface area contributed by atoms with Gasteiger partial charge in [-0.25, -0.2) is 0 Å². The van der Waals surface area contributed by atoms with Crippen molar-refractivity contribution < 1.29 is 4.79 Å². The first-order valence-corrected chi connectivity index (χ1v) is 13.1. The number of rotatable bonds is 6. The van der Waals surface area contributed by atoms with E-state index in [-0.39, 0.29) is 17.2 Å². The first kappa shape index (κ1) is 23.1. The van der Waals surface area contributed by atoms with Gasteiger partial charge in [-0.2, -0.15) is 4.37 Å². The average Bonchev–Trinajstić information content (AvgIpc) is 3.46. The third-order valence-corrected chi connectivity index (χ3v) is 9.50. The molecule has 2 aromatic rings. The second kappa shape index (κ2) is 9.86. The minimum absolute atomic E-state index is 0. The van der Waals surface area contributed by atoms with E-state index in [0.717, 1.165) is 64.3 Å². The molecule has 1 aromatic heterocycles. The smallest absolute Gasteiger partial charge is 0.239 e. The Morgan fingerprint density at radius 1 is 1.06 bits per heavy atom. The van der Waals surface area contributed by atoms with Gasteiger partial charge in [0.25, 0.3) is 0 Å². The quantitative estimate of drug-likeness (QED) is 0.552. The zero-order valence-electron chi connectivity index (χ0n) is 18.3. The first-order valence-electron chi connectivity index (χ1n) is 11.5. The van der Waals surface area contributed by atoms with Crippen LogP contribution in [0.25, 0.3) is 10.1 Å². The molecule has 1 aliphatic carbocycles. The van der Waals surface area contributed by atoms with Crippen molar-refractivity contribution in [3.63, 3.8) is 0 Å². The largest absolute Gasteiger partial charge is 0.353 e. The maximum atomic E-state index is 13.0. The second-order valence-corrected chi connectivity index (χ2v) is 11.5. The fourth-order valence-electron chi connectivity index (χ4n) is 5.33. The molecule has 3 fully saturated rings. The average molecular weight is 481 g/mol. The van der Waals surface area contributed by atoms with E-state index in [1.165, 1.54) is 29.3 Å². The molecule has 8 heteroatoms. The number of halogens is 1. The van der Waals surface area contributed by atoms with Crippen LogP contribution in [0.3, 0.4) is 0 Å². The predicted octanol–water partition coefficient (Wildman–Crippen LogP) is 4.85. The summed E-state index contributed by atoms with van der Waals surface area (Å²) in [6.45, 7) is 8.59. The monoisotopic (exact) mass is 480 g/mol. The van der Waals surface area contributed by atoms with E-state index in [4.69, 9.17) is 4.37 Å². The topological polar surface area (TPSA) is 39.7 Å². The number of nitrogens with zero attached hydrogens (tertiary/aromatic N) is 4. The molecule has 1 amide bonds. The van der Waals surface area contributed by atoms with Crippen molar-refractivity contribution >= 4 is 57.5 Å². The summed E-state index contributed by atoms with van der Waals surface area (Å²) >= 11 is 3.54. The van der Waals surface area contributed by atoms with Crippen molar-refractivity contribution in [3.05, 3.63) is 24.3 Å². The zero-order chi connectivity index (χ0) is 20.6. The predicted molar refractivity (Wildman–Crippen MR) is 135 cm³/mol. The number of unbranched alkanes of at least 4 members (excludes halogenated alkanes) is 1. The number of carbonyl (C=O) groups excluding carboxylic acids is 1. The molecule has 1 unspecified atom stereocenters. The van der Waals surface area contributed by atoms with E-state index in [1.807, 2.05) is 11.8 Å². The minimum Gasteiger partial charge on any atom is -0.353 e. The Hall–Kier alpha value is -1.02. The lowest BCUT2D eigenvalue weighted by atomic mass is 10.1. The van der Waals surface area contributed by atoms with E-state index in [9.17, 15) is 4.79 Å². The van der Waals surface area contributed by atoms with Gasteiger partial charge in [0.2, 0.25) is 5.91 Å². The van der Waals surface area contributed by atoms with E-state index in [0.29, 0.717) is 11.3 Å². The van der Waals surface area contributed by atoms with Crippen LogP contribution in [-0.4, -0.2) is 69.5 Å². The van der Waals surface area contributed by atoms with Gasteiger partial charge in [-0.15, -0.1) is 24.2 Å². The maximum Gasteiger partial charge on any atom is 0.239 e. The Morgan fingerprint density at radius 3 is 2.55 bits per heavy atom. The highest BCUT2D eigenvalue weighted by Crippen LogP contribution is 2.50. The van der Waals surface area contributed by atoms with Crippen LogP contribution in [0, 0.1) is 0 Å². The molecule has 170 valence electrons. The van der Waals surface area contributed by atoms with Crippen LogP contribution < -0.4 is 4.90 Å². The lowest BCUT2D eigenvalue weighted by molar-refractivity contribution is -0.132. The molecule has 31 heavy (non-hydrogen) atoms. The number of fused-ring (bicyclic) bond motifs is 1. The third-order valence-electron chi connectivity index (χ3n) is 7.05. The van der Waals surface area contributed by atoms with Gasteiger partial charge in [0.05, 0.1) is 14.8 Å². The number of hydrogen-bond acceptors (Lipinski definition) is 6. The summed E-state index contributed by atoms with van der Waals surface area (Å²) in [5, 5.41) is 1.64. The van der Waals surface area contributed by atoms with Crippen molar-refractivity contribution in [3.8, 4) is 0 Å². The van der Waals surface area contributed by atoms with Gasteiger partial charge >= 0.3 is 0 Å². The third kappa shape index (κ3) is 4.56. The van der Waals surface area contributed by atoms with Crippen molar-refractivity contribution in [2.75, 3.05) is 44.2 Å². The fourth-order valence-corrected chi connectivity index (χ4v) is 7.85. The number of hydrogen-bond donors (Lipinski definition) is 0. The summed E-state index contributed by atoms with van der Waals surface area (Å²) in [5.74, 6) is 1.59. The van der Waals surface area contributed by atoms with E-state index < -0.39 is 0 Å². The molecular formula is C23H33ClN4OS2. The standard InChI is InChI=1S/C23H32N4OS2.ClH/c1-18-27(22(28)23(29-18)10-4-5-11-23)13-7-6-12-25-14-16-26(17-15-25)21-19-8-2-3-9-20(19)30-24-21;/h2-3,8-9,18H,4-7,10-17H2,1H3;1H. The molecule has 2 saturated heterocycles. The number of piperazine rings is 1. The van der Waals surface area contributed by atoms with Gasteiger partial charge in [-0.05, 0) is 62.8 Å². The number of amides is 1. The van der Waals surface area contributed by atoms with E-state index in [1.54, 1.807) is 11.5 Å². The van der Waals surface area contributed by atoms with Gasteiger partial charge in [-0.1, -0.05) is 25.0 Å². The molecule has 5 nitrogen and oxygen atoms in total. The highest BCUT2D eigenvalue weighted by atomic mass is 35.5. The number of thioether (sulfide) groups is 1. The Balaban J connectivity index is 0.00000231. The molecule has 1 aromatic carbocycles. The summed E-state index contributed by atoms with van der Waals surface area (Å²) < 4.78 is 5.93. The number of carbonyl (C=O) groups is 1. The molecule has 0 bridgehead atoms. The van der Waals surface area contributed by atoms with E-state index >= 15 is 0 Å². The van der Waals surface area contributed by atoms with Crippen LogP contribution in [0.2, 0.25) is 0 Å². The van der Waals surface area contributed by atoms with E-state index in [2.05, 4.69) is 45.9 Å². The molecule has 1 atom stereocenters. The SMILES string of the molecule is CC1SC2(CCCC2)C(=O)N1CCCCN1CCN(c2nsc3ccccc23)CC1.Cl. The van der Waals surface area contributed by atoms with Crippen LogP contribution in [0.15, 0.2) is 24.3 Å². The lowest BCUT2D eigenvalue weighted by Gasteiger charge is -2.35. The highest BCUT2D eigenvalue weighted by Gasteiger charge is 2.51. The van der Waals surface area contributed by atoms with Gasteiger partial charge < -0.3 is 9.80 Å². The summed E-state index contributed by atoms with van der Waals surface area (Å²) in [7, 11) is 0. The minimum atomic E-state index is -0.0599. The molecule has 2 aliphatic heterocycles. The molecule has 1 spiro atoms. The Labute approximate surface area is 200 Å². The Kier molecular flexibility index (Phi) is 7.36. The van der Waals surface area contributed by atoms with Crippen LogP contribution >= 0.6 is 35.7 Å². The van der Waals surface area contributed by atoms with Gasteiger partial charge in [0, 0.05) is 38.1 Å². The summed E-state index contributed by atoms with van der Waals surface area (Å²) in [5.41, 5.74) is 0. The summed E-state index contributed by atoms with van der Waals surface area (Å²) in [6, 6.07) is 8.54. The molecule has 0 N–H and O–H groups in total. The Morgan fingerprint density at radius 2 is 1.77 bits per heavy atom. The molecule has 5 rings (SSSR count). The van der Waals surface area contributed by atoms with Crippen LogP contribution in [0.4, 0.5) is 5.82 Å². The summed E-state index contributed by atoms with van der Waals surface area (Å²) in [4.78, 5) is 20.1.